The SMILES string of the molecule is CC(C)(C)OC(=O)N[C@H]1CC[C@H](NC(=O)C(N)Cc2ccc(C#N)cc2)CC1. The lowest BCUT2D eigenvalue weighted by molar-refractivity contribution is -0.123. The van der Waals surface area contributed by atoms with Crippen LogP contribution in [0.25, 0.3) is 0 Å². The summed E-state index contributed by atoms with van der Waals surface area (Å²) in [5.74, 6) is -0.173. The molecule has 0 spiro atoms. The molecule has 28 heavy (non-hydrogen) atoms. The number of alkyl carbamates (subject to hydrolysis) is 1. The molecule has 1 atom stereocenters. The highest BCUT2D eigenvalue weighted by Gasteiger charge is 2.26. The Morgan fingerprint density at radius 2 is 1.68 bits per heavy atom. The molecule has 1 aliphatic rings. The molecule has 0 radical (unpaired) electrons. The van der Waals surface area contributed by atoms with Gasteiger partial charge in [-0.25, -0.2) is 4.79 Å². The molecule has 0 aliphatic heterocycles. The van der Waals surface area contributed by atoms with Gasteiger partial charge in [0.1, 0.15) is 5.60 Å². The van der Waals surface area contributed by atoms with E-state index in [-0.39, 0.29) is 18.0 Å². The summed E-state index contributed by atoms with van der Waals surface area (Å²) in [5.41, 5.74) is 7.03. The Labute approximate surface area is 166 Å². The fourth-order valence-corrected chi connectivity index (χ4v) is 3.23. The van der Waals surface area contributed by atoms with Crippen molar-refractivity contribution >= 4 is 12.0 Å². The molecule has 152 valence electrons. The molecule has 1 fully saturated rings. The van der Waals surface area contributed by atoms with Crippen LogP contribution in [0.2, 0.25) is 0 Å². The monoisotopic (exact) mass is 386 g/mol. The van der Waals surface area contributed by atoms with Crippen molar-refractivity contribution in [3.63, 3.8) is 0 Å². The van der Waals surface area contributed by atoms with E-state index in [0.717, 1.165) is 31.2 Å². The third kappa shape index (κ3) is 7.20. The van der Waals surface area contributed by atoms with Gasteiger partial charge in [0, 0.05) is 12.1 Å². The summed E-state index contributed by atoms with van der Waals surface area (Å²) in [5, 5.41) is 14.7. The van der Waals surface area contributed by atoms with E-state index in [0.29, 0.717) is 12.0 Å². The van der Waals surface area contributed by atoms with Gasteiger partial charge in [0.05, 0.1) is 17.7 Å². The zero-order valence-electron chi connectivity index (χ0n) is 16.8. The summed E-state index contributed by atoms with van der Waals surface area (Å²) < 4.78 is 5.28. The molecule has 2 amide bonds. The van der Waals surface area contributed by atoms with Gasteiger partial charge in [0.15, 0.2) is 0 Å². The van der Waals surface area contributed by atoms with Gasteiger partial charge < -0.3 is 21.1 Å². The fourth-order valence-electron chi connectivity index (χ4n) is 3.23. The number of carbonyl (C=O) groups is 2. The van der Waals surface area contributed by atoms with Crippen molar-refractivity contribution < 1.29 is 14.3 Å². The molecule has 0 bridgehead atoms. The van der Waals surface area contributed by atoms with E-state index in [1.54, 1.807) is 12.1 Å². The summed E-state index contributed by atoms with van der Waals surface area (Å²) in [6.45, 7) is 5.50. The van der Waals surface area contributed by atoms with E-state index < -0.39 is 17.7 Å². The van der Waals surface area contributed by atoms with Crippen LogP contribution in [0, 0.1) is 11.3 Å². The predicted molar refractivity (Wildman–Crippen MR) is 106 cm³/mol. The van der Waals surface area contributed by atoms with Crippen molar-refractivity contribution in [3.05, 3.63) is 35.4 Å². The maximum absolute atomic E-state index is 12.4. The number of nitrogens with two attached hydrogens (primary N) is 1. The van der Waals surface area contributed by atoms with Gasteiger partial charge in [-0.15, -0.1) is 0 Å². The molecule has 1 aromatic carbocycles. The molecule has 1 aliphatic carbocycles. The van der Waals surface area contributed by atoms with Crippen LogP contribution in [0.4, 0.5) is 4.79 Å². The van der Waals surface area contributed by atoms with Crippen LogP contribution in [-0.4, -0.2) is 35.7 Å². The molecule has 4 N–H and O–H groups in total. The van der Waals surface area contributed by atoms with E-state index in [1.165, 1.54) is 0 Å². The number of amides is 2. The van der Waals surface area contributed by atoms with Crippen molar-refractivity contribution in [2.75, 3.05) is 0 Å². The van der Waals surface area contributed by atoms with Crippen LogP contribution in [0.3, 0.4) is 0 Å². The lowest BCUT2D eigenvalue weighted by atomic mass is 9.91. The van der Waals surface area contributed by atoms with Crippen molar-refractivity contribution in [1.29, 1.82) is 5.26 Å². The number of nitrogens with zero attached hydrogens (tertiary/aromatic N) is 1. The quantitative estimate of drug-likeness (QED) is 0.718. The number of ether oxygens (including phenoxy) is 1. The second-order valence-electron chi connectivity index (χ2n) is 8.32. The summed E-state index contributed by atoms with van der Waals surface area (Å²) in [4.78, 5) is 24.2. The molecular formula is C21H30N4O3. The second-order valence-corrected chi connectivity index (χ2v) is 8.32. The van der Waals surface area contributed by atoms with Gasteiger partial charge in [0.25, 0.3) is 0 Å². The smallest absolute Gasteiger partial charge is 0.407 e. The van der Waals surface area contributed by atoms with Crippen molar-refractivity contribution in [2.45, 2.75) is 76.6 Å². The molecule has 1 unspecified atom stereocenters. The summed E-state index contributed by atoms with van der Waals surface area (Å²) in [6, 6.07) is 8.64. The molecule has 2 rings (SSSR count). The topological polar surface area (TPSA) is 117 Å². The maximum Gasteiger partial charge on any atom is 0.407 e. The van der Waals surface area contributed by atoms with Crippen LogP contribution in [-0.2, 0) is 16.0 Å². The number of hydrogen-bond acceptors (Lipinski definition) is 5. The molecular weight excluding hydrogens is 356 g/mol. The average molecular weight is 386 g/mol. The minimum absolute atomic E-state index is 0.0651. The van der Waals surface area contributed by atoms with Gasteiger partial charge in [0.2, 0.25) is 5.91 Å². The van der Waals surface area contributed by atoms with Gasteiger partial charge in [-0.1, -0.05) is 12.1 Å². The van der Waals surface area contributed by atoms with Gasteiger partial charge in [-0.2, -0.15) is 5.26 Å². The third-order valence-corrected chi connectivity index (χ3v) is 4.67. The standard InChI is InChI=1S/C21H30N4O3/c1-21(2,3)28-20(27)25-17-10-8-16(9-11-17)24-19(26)18(23)12-14-4-6-15(13-22)7-5-14/h4-7,16-18H,8-12,23H2,1-3H3,(H,24,26)(H,25,27)/t16-,17-,18?. The molecule has 0 heterocycles. The summed E-state index contributed by atoms with van der Waals surface area (Å²) in [6.07, 6.45) is 3.17. The fraction of sp³-hybridized carbons (Fsp3) is 0.571. The lowest BCUT2D eigenvalue weighted by Gasteiger charge is -2.31. The highest BCUT2D eigenvalue weighted by atomic mass is 16.6. The Bertz CT molecular complexity index is 711. The normalized spacial score (nSPS) is 20.5. The van der Waals surface area contributed by atoms with Crippen molar-refractivity contribution in [1.82, 2.24) is 10.6 Å². The molecule has 7 nitrogen and oxygen atoms in total. The van der Waals surface area contributed by atoms with E-state index in [9.17, 15) is 9.59 Å². The molecule has 1 aromatic rings. The Balaban J connectivity index is 1.73. The number of nitrogens with one attached hydrogen (secondary N) is 2. The van der Waals surface area contributed by atoms with Gasteiger partial charge in [-0.05, 0) is 70.6 Å². The second kappa shape index (κ2) is 9.56. The van der Waals surface area contributed by atoms with Gasteiger partial charge in [-0.3, -0.25) is 4.79 Å². The van der Waals surface area contributed by atoms with E-state index in [4.69, 9.17) is 15.7 Å². The Morgan fingerprint density at radius 1 is 1.14 bits per heavy atom. The number of nitriles is 1. The first-order valence-electron chi connectivity index (χ1n) is 9.71. The Hall–Kier alpha value is -2.59. The maximum atomic E-state index is 12.4. The van der Waals surface area contributed by atoms with E-state index in [1.807, 2.05) is 32.9 Å². The number of hydrogen-bond donors (Lipinski definition) is 3. The molecule has 1 saturated carbocycles. The molecule has 7 heteroatoms. The van der Waals surface area contributed by atoms with Crippen LogP contribution < -0.4 is 16.4 Å². The number of rotatable bonds is 5. The van der Waals surface area contributed by atoms with Crippen LogP contribution in [0.1, 0.15) is 57.6 Å². The van der Waals surface area contributed by atoms with Crippen molar-refractivity contribution in [3.8, 4) is 6.07 Å². The molecule has 0 aromatic heterocycles. The first-order chi connectivity index (χ1) is 13.2. The van der Waals surface area contributed by atoms with E-state index in [2.05, 4.69) is 16.7 Å². The average Bonchev–Trinajstić information content (AvgIpc) is 2.62. The zero-order valence-corrected chi connectivity index (χ0v) is 16.8. The summed E-state index contributed by atoms with van der Waals surface area (Å²) in [7, 11) is 0. The highest BCUT2D eigenvalue weighted by Crippen LogP contribution is 2.19. The lowest BCUT2D eigenvalue weighted by Crippen LogP contribution is -2.49. The first kappa shape index (κ1) is 21.7. The number of carbonyl (C=O) groups excluding carboxylic acids is 2. The number of benzene rings is 1. The molecule has 0 saturated heterocycles. The summed E-state index contributed by atoms with van der Waals surface area (Å²) >= 11 is 0. The minimum Gasteiger partial charge on any atom is -0.444 e. The van der Waals surface area contributed by atoms with Crippen LogP contribution >= 0.6 is 0 Å². The van der Waals surface area contributed by atoms with Gasteiger partial charge >= 0.3 is 6.09 Å². The highest BCUT2D eigenvalue weighted by molar-refractivity contribution is 5.82. The predicted octanol–water partition coefficient (Wildman–Crippen LogP) is 2.38. The Morgan fingerprint density at radius 3 is 2.18 bits per heavy atom. The first-order valence-corrected chi connectivity index (χ1v) is 9.71. The van der Waals surface area contributed by atoms with Crippen LogP contribution in [0.15, 0.2) is 24.3 Å². The van der Waals surface area contributed by atoms with Crippen molar-refractivity contribution in [2.24, 2.45) is 5.73 Å². The largest absolute Gasteiger partial charge is 0.444 e. The Kier molecular flexibility index (Phi) is 7.41. The third-order valence-electron chi connectivity index (χ3n) is 4.67. The van der Waals surface area contributed by atoms with E-state index >= 15 is 0 Å². The minimum atomic E-state index is -0.634. The van der Waals surface area contributed by atoms with Crippen LogP contribution in [0.5, 0.6) is 0 Å². The zero-order chi connectivity index (χ0) is 20.7.